The van der Waals surface area contributed by atoms with Crippen LogP contribution in [0, 0.1) is 11.3 Å². The van der Waals surface area contributed by atoms with E-state index in [0.29, 0.717) is 12.4 Å². The van der Waals surface area contributed by atoms with Crippen molar-refractivity contribution in [3.05, 3.63) is 0 Å². The molecule has 2 saturated heterocycles. The highest BCUT2D eigenvalue weighted by molar-refractivity contribution is 6.40. The molecule has 120 valence electrons. The molecule has 2 heterocycles. The van der Waals surface area contributed by atoms with Gasteiger partial charge in [0.2, 0.25) is 5.91 Å². The molecule has 0 aromatic carbocycles. The standard InChI is InChI=1S/C14H28BN3O3/c1-10(2)12(16)13(19)18-8-11-14(9-18,5-7-17-11)4-3-6-15(20)21/h10-12,17,20-21H,3-9,16H2,1-2H3/t11-,12-,14+/m0/s1. The largest absolute Gasteiger partial charge is 0.451 e. The molecule has 0 unspecified atom stereocenters. The summed E-state index contributed by atoms with van der Waals surface area (Å²) >= 11 is 0. The fraction of sp³-hybridized carbons (Fsp3) is 0.929. The second-order valence-corrected chi connectivity index (χ2v) is 6.98. The summed E-state index contributed by atoms with van der Waals surface area (Å²) < 4.78 is 0. The van der Waals surface area contributed by atoms with Crippen LogP contribution in [0.4, 0.5) is 0 Å². The van der Waals surface area contributed by atoms with E-state index < -0.39 is 13.2 Å². The Balaban J connectivity index is 1.97. The van der Waals surface area contributed by atoms with E-state index in [1.54, 1.807) is 0 Å². The number of hydrogen-bond donors (Lipinski definition) is 4. The SMILES string of the molecule is CC(C)[C@H](N)C(=O)N1C[C@@H]2NCC[C@]2(CCCB(O)O)C1. The number of carbonyl (C=O) groups is 1. The van der Waals surface area contributed by atoms with E-state index in [0.717, 1.165) is 38.9 Å². The number of amides is 1. The van der Waals surface area contributed by atoms with Crippen molar-refractivity contribution in [2.75, 3.05) is 19.6 Å². The van der Waals surface area contributed by atoms with E-state index in [4.69, 9.17) is 15.8 Å². The van der Waals surface area contributed by atoms with Crippen LogP contribution in [0.15, 0.2) is 0 Å². The van der Waals surface area contributed by atoms with Crippen LogP contribution in [0.5, 0.6) is 0 Å². The van der Waals surface area contributed by atoms with Crippen LogP contribution >= 0.6 is 0 Å². The molecule has 0 aromatic heterocycles. The lowest BCUT2D eigenvalue weighted by Gasteiger charge is -2.29. The minimum atomic E-state index is -1.23. The van der Waals surface area contributed by atoms with Crippen LogP contribution in [-0.4, -0.2) is 59.7 Å². The Kier molecular flexibility index (Phi) is 5.30. The zero-order valence-electron chi connectivity index (χ0n) is 13.1. The molecule has 0 spiro atoms. The summed E-state index contributed by atoms with van der Waals surface area (Å²) in [5.41, 5.74) is 6.08. The van der Waals surface area contributed by atoms with E-state index in [-0.39, 0.29) is 17.2 Å². The molecular weight excluding hydrogens is 269 g/mol. The Bertz CT molecular complexity index is 380. The summed E-state index contributed by atoms with van der Waals surface area (Å²) in [6.45, 7) is 6.38. The van der Waals surface area contributed by atoms with Gasteiger partial charge in [-0.3, -0.25) is 4.79 Å². The first-order valence-electron chi connectivity index (χ1n) is 7.99. The van der Waals surface area contributed by atoms with Gasteiger partial charge in [-0.05, 0) is 31.6 Å². The molecule has 1 amide bonds. The summed E-state index contributed by atoms with van der Waals surface area (Å²) in [6.07, 6.45) is 3.13. The molecular formula is C14H28BN3O3. The van der Waals surface area contributed by atoms with Gasteiger partial charge in [0.1, 0.15) is 0 Å². The van der Waals surface area contributed by atoms with Gasteiger partial charge in [0, 0.05) is 24.5 Å². The Labute approximate surface area is 127 Å². The molecule has 5 N–H and O–H groups in total. The Morgan fingerprint density at radius 2 is 2.24 bits per heavy atom. The molecule has 2 rings (SSSR count). The summed E-state index contributed by atoms with van der Waals surface area (Å²) in [5.74, 6) is 0.189. The number of rotatable bonds is 6. The lowest BCUT2D eigenvalue weighted by Crippen LogP contribution is -2.46. The molecule has 7 heteroatoms. The average Bonchev–Trinajstić information content (AvgIpc) is 2.93. The Morgan fingerprint density at radius 3 is 2.86 bits per heavy atom. The van der Waals surface area contributed by atoms with Crippen LogP contribution in [-0.2, 0) is 4.79 Å². The van der Waals surface area contributed by atoms with Gasteiger partial charge in [-0.1, -0.05) is 20.3 Å². The molecule has 21 heavy (non-hydrogen) atoms. The fourth-order valence-electron chi connectivity index (χ4n) is 3.68. The quantitative estimate of drug-likeness (QED) is 0.491. The molecule has 2 aliphatic heterocycles. The number of nitrogens with two attached hydrogens (primary N) is 1. The topological polar surface area (TPSA) is 98.8 Å². The van der Waals surface area contributed by atoms with Gasteiger partial charge in [-0.25, -0.2) is 0 Å². The third-order valence-electron chi connectivity index (χ3n) is 5.11. The van der Waals surface area contributed by atoms with E-state index in [2.05, 4.69) is 5.32 Å². The fourth-order valence-corrected chi connectivity index (χ4v) is 3.68. The smallest absolute Gasteiger partial charge is 0.427 e. The highest BCUT2D eigenvalue weighted by Gasteiger charge is 2.50. The van der Waals surface area contributed by atoms with E-state index >= 15 is 0 Å². The zero-order valence-corrected chi connectivity index (χ0v) is 13.1. The molecule has 0 bridgehead atoms. The number of nitrogens with one attached hydrogen (secondary N) is 1. The summed E-state index contributed by atoms with van der Waals surface area (Å²) in [7, 11) is -1.23. The van der Waals surface area contributed by atoms with Crippen molar-refractivity contribution in [3.63, 3.8) is 0 Å². The number of nitrogens with zero attached hydrogens (tertiary/aromatic N) is 1. The number of hydrogen-bond acceptors (Lipinski definition) is 5. The highest BCUT2D eigenvalue weighted by atomic mass is 16.4. The second kappa shape index (κ2) is 6.65. The number of carbonyl (C=O) groups excluding carboxylic acids is 1. The van der Waals surface area contributed by atoms with Gasteiger partial charge < -0.3 is 26.0 Å². The molecule has 0 saturated carbocycles. The predicted molar refractivity (Wildman–Crippen MR) is 82.5 cm³/mol. The average molecular weight is 297 g/mol. The van der Waals surface area contributed by atoms with Gasteiger partial charge in [-0.15, -0.1) is 0 Å². The van der Waals surface area contributed by atoms with Crippen LogP contribution in [0.25, 0.3) is 0 Å². The third-order valence-corrected chi connectivity index (χ3v) is 5.11. The van der Waals surface area contributed by atoms with Crippen LogP contribution in [0.2, 0.25) is 6.32 Å². The van der Waals surface area contributed by atoms with Gasteiger partial charge in [0.15, 0.2) is 0 Å². The highest BCUT2D eigenvalue weighted by Crippen LogP contribution is 2.42. The Hall–Kier alpha value is -0.625. The molecule has 0 aromatic rings. The predicted octanol–water partition coefficient (Wildman–Crippen LogP) is -0.587. The van der Waals surface area contributed by atoms with Crippen molar-refractivity contribution in [2.45, 2.75) is 51.5 Å². The molecule has 3 atom stereocenters. The van der Waals surface area contributed by atoms with Crippen molar-refractivity contribution in [2.24, 2.45) is 17.1 Å². The number of fused-ring (bicyclic) bond motifs is 1. The maximum Gasteiger partial charge on any atom is 0.451 e. The van der Waals surface area contributed by atoms with Crippen LogP contribution in [0.1, 0.15) is 33.1 Å². The summed E-state index contributed by atoms with van der Waals surface area (Å²) in [6, 6.07) is -0.114. The van der Waals surface area contributed by atoms with Crippen molar-refractivity contribution in [1.82, 2.24) is 10.2 Å². The monoisotopic (exact) mass is 297 g/mol. The zero-order chi connectivity index (χ0) is 15.6. The van der Waals surface area contributed by atoms with E-state index in [1.165, 1.54) is 0 Å². The molecule has 2 aliphatic rings. The minimum Gasteiger partial charge on any atom is -0.427 e. The van der Waals surface area contributed by atoms with Gasteiger partial charge in [-0.2, -0.15) is 0 Å². The summed E-state index contributed by atoms with van der Waals surface area (Å²) in [4.78, 5) is 14.3. The molecule has 6 nitrogen and oxygen atoms in total. The Morgan fingerprint density at radius 1 is 1.52 bits per heavy atom. The third kappa shape index (κ3) is 3.59. The maximum atomic E-state index is 12.4. The lowest BCUT2D eigenvalue weighted by molar-refractivity contribution is -0.133. The van der Waals surface area contributed by atoms with Crippen LogP contribution in [0.3, 0.4) is 0 Å². The van der Waals surface area contributed by atoms with Crippen molar-refractivity contribution >= 4 is 13.0 Å². The van der Waals surface area contributed by atoms with Gasteiger partial charge >= 0.3 is 7.12 Å². The first-order valence-corrected chi connectivity index (χ1v) is 7.99. The second-order valence-electron chi connectivity index (χ2n) is 6.98. The first-order chi connectivity index (χ1) is 9.85. The van der Waals surface area contributed by atoms with Crippen molar-refractivity contribution in [3.8, 4) is 0 Å². The van der Waals surface area contributed by atoms with Gasteiger partial charge in [0.05, 0.1) is 6.04 Å². The van der Waals surface area contributed by atoms with E-state index in [9.17, 15) is 4.79 Å². The summed E-state index contributed by atoms with van der Waals surface area (Å²) in [5, 5.41) is 21.5. The van der Waals surface area contributed by atoms with E-state index in [1.807, 2.05) is 18.7 Å². The molecule has 0 radical (unpaired) electrons. The van der Waals surface area contributed by atoms with Crippen molar-refractivity contribution in [1.29, 1.82) is 0 Å². The van der Waals surface area contributed by atoms with Crippen molar-refractivity contribution < 1.29 is 14.8 Å². The molecule has 2 fully saturated rings. The lowest BCUT2D eigenvalue weighted by atomic mass is 9.74. The number of likely N-dealkylation sites (tertiary alicyclic amines) is 1. The normalized spacial score (nSPS) is 29.8. The first kappa shape index (κ1) is 16.7. The maximum absolute atomic E-state index is 12.4. The van der Waals surface area contributed by atoms with Crippen LogP contribution < -0.4 is 11.1 Å². The van der Waals surface area contributed by atoms with Gasteiger partial charge in [0.25, 0.3) is 0 Å². The minimum absolute atomic E-state index is 0.0442. The molecule has 0 aliphatic carbocycles.